The predicted molar refractivity (Wildman–Crippen MR) is 153 cm³/mol. The van der Waals surface area contributed by atoms with Gasteiger partial charge in [0, 0.05) is 61.1 Å². The summed E-state index contributed by atoms with van der Waals surface area (Å²) in [5.41, 5.74) is 3.45. The minimum Gasteiger partial charge on any atom is -0.465 e. The average molecular weight is 572 g/mol. The standard InChI is InChI=1S/C30H26FN5O4S/c31-25-17-22(34-11-13-35(14-12-34)30(39)40)8-9-23(25)20-6-7-21-18-36(28(38)24(21)16-20)26(19-4-2-1-3-5-19)27(37)33-29-32-10-15-41-29/h1-10,15-17,26H,11-14,18H2,(H,39,40)(H,32,33,37)/t26-/m1/s1. The summed E-state index contributed by atoms with van der Waals surface area (Å²) in [5, 5.41) is 14.2. The van der Waals surface area contributed by atoms with Crippen molar-refractivity contribution in [2.75, 3.05) is 36.4 Å². The van der Waals surface area contributed by atoms with Crippen molar-refractivity contribution in [3.05, 3.63) is 101 Å². The van der Waals surface area contributed by atoms with E-state index in [-0.39, 0.29) is 18.4 Å². The van der Waals surface area contributed by atoms with Gasteiger partial charge in [0.25, 0.3) is 11.8 Å². The summed E-state index contributed by atoms with van der Waals surface area (Å²) in [4.78, 5) is 47.3. The number of rotatable bonds is 6. The Morgan fingerprint density at radius 3 is 2.44 bits per heavy atom. The molecular formula is C30H26FN5O4S. The fourth-order valence-electron chi connectivity index (χ4n) is 5.36. The summed E-state index contributed by atoms with van der Waals surface area (Å²) in [7, 11) is 0. The van der Waals surface area contributed by atoms with Gasteiger partial charge in [0.2, 0.25) is 0 Å². The van der Waals surface area contributed by atoms with Crippen LogP contribution in [-0.4, -0.2) is 64.0 Å². The first-order valence-electron chi connectivity index (χ1n) is 13.1. The molecule has 0 radical (unpaired) electrons. The zero-order valence-corrected chi connectivity index (χ0v) is 22.7. The summed E-state index contributed by atoms with van der Waals surface area (Å²) < 4.78 is 15.4. The number of hydrogen-bond donors (Lipinski definition) is 2. The second-order valence-electron chi connectivity index (χ2n) is 9.87. The molecule has 3 heterocycles. The SMILES string of the molecule is O=C(Nc1nccs1)[C@@H](c1ccccc1)N1Cc2ccc(-c3ccc(N4CCN(C(=O)O)CC4)cc3F)cc2C1=O. The lowest BCUT2D eigenvalue weighted by molar-refractivity contribution is -0.120. The number of carbonyl (C=O) groups excluding carboxylic acids is 2. The van der Waals surface area contributed by atoms with Crippen LogP contribution < -0.4 is 10.2 Å². The van der Waals surface area contributed by atoms with Crippen molar-refractivity contribution in [1.29, 1.82) is 0 Å². The van der Waals surface area contributed by atoms with Crippen LogP contribution in [0.3, 0.4) is 0 Å². The largest absolute Gasteiger partial charge is 0.465 e. The van der Waals surface area contributed by atoms with E-state index in [4.69, 9.17) is 5.11 Å². The van der Waals surface area contributed by atoms with Gasteiger partial charge in [0.15, 0.2) is 5.13 Å². The fraction of sp³-hybridized carbons (Fsp3) is 0.200. The van der Waals surface area contributed by atoms with Gasteiger partial charge in [-0.25, -0.2) is 14.2 Å². The first-order chi connectivity index (χ1) is 19.9. The molecule has 1 fully saturated rings. The minimum absolute atomic E-state index is 0.239. The molecule has 1 saturated heterocycles. The molecule has 1 aromatic heterocycles. The van der Waals surface area contributed by atoms with Gasteiger partial charge < -0.3 is 19.8 Å². The van der Waals surface area contributed by atoms with Crippen molar-refractivity contribution in [3.8, 4) is 11.1 Å². The van der Waals surface area contributed by atoms with Crippen molar-refractivity contribution in [2.24, 2.45) is 0 Å². The molecule has 3 amide bonds. The van der Waals surface area contributed by atoms with E-state index < -0.39 is 18.0 Å². The molecule has 3 aromatic carbocycles. The zero-order chi connectivity index (χ0) is 28.5. The van der Waals surface area contributed by atoms with E-state index in [1.165, 1.54) is 27.2 Å². The molecule has 0 unspecified atom stereocenters. The van der Waals surface area contributed by atoms with Crippen LogP contribution in [0.25, 0.3) is 11.1 Å². The number of carbonyl (C=O) groups is 3. The van der Waals surface area contributed by atoms with E-state index in [0.717, 1.165) is 5.56 Å². The highest BCUT2D eigenvalue weighted by Crippen LogP contribution is 2.36. The molecular weight excluding hydrogens is 545 g/mol. The first-order valence-corrected chi connectivity index (χ1v) is 14.0. The number of carboxylic acid groups (broad SMARTS) is 1. The second-order valence-corrected chi connectivity index (χ2v) is 10.8. The summed E-state index contributed by atoms with van der Waals surface area (Å²) in [6.45, 7) is 1.91. The third-order valence-corrected chi connectivity index (χ3v) is 8.15. The molecule has 208 valence electrons. The average Bonchev–Trinajstić information content (AvgIpc) is 3.61. The van der Waals surface area contributed by atoms with E-state index in [1.54, 1.807) is 29.8 Å². The highest BCUT2D eigenvalue weighted by atomic mass is 32.1. The number of nitrogens with zero attached hydrogens (tertiary/aromatic N) is 4. The maximum absolute atomic E-state index is 15.4. The van der Waals surface area contributed by atoms with Crippen LogP contribution in [0.4, 0.5) is 20.0 Å². The molecule has 11 heteroatoms. The maximum atomic E-state index is 15.4. The van der Waals surface area contributed by atoms with Crippen molar-refractivity contribution in [2.45, 2.75) is 12.6 Å². The summed E-state index contributed by atoms with van der Waals surface area (Å²) >= 11 is 1.30. The Labute approximate surface area is 239 Å². The number of amides is 3. The van der Waals surface area contributed by atoms with Crippen LogP contribution in [0, 0.1) is 5.82 Å². The molecule has 9 nitrogen and oxygen atoms in total. The Morgan fingerprint density at radius 1 is 0.976 bits per heavy atom. The van der Waals surface area contributed by atoms with Gasteiger partial charge in [-0.05, 0) is 41.0 Å². The van der Waals surface area contributed by atoms with Gasteiger partial charge in [-0.2, -0.15) is 0 Å². The van der Waals surface area contributed by atoms with Crippen molar-refractivity contribution in [3.63, 3.8) is 0 Å². The van der Waals surface area contributed by atoms with E-state index in [1.807, 2.05) is 47.4 Å². The lowest BCUT2D eigenvalue weighted by Gasteiger charge is -2.34. The maximum Gasteiger partial charge on any atom is 0.407 e. The number of anilines is 2. The summed E-state index contributed by atoms with van der Waals surface area (Å²) in [6.07, 6.45) is 0.646. The predicted octanol–water partition coefficient (Wildman–Crippen LogP) is 5.09. The molecule has 4 aromatic rings. The van der Waals surface area contributed by atoms with Gasteiger partial charge in [-0.15, -0.1) is 11.3 Å². The molecule has 2 aliphatic rings. The zero-order valence-electron chi connectivity index (χ0n) is 21.9. The molecule has 0 aliphatic carbocycles. The van der Waals surface area contributed by atoms with E-state index >= 15 is 4.39 Å². The van der Waals surface area contributed by atoms with Gasteiger partial charge in [-0.3, -0.25) is 14.9 Å². The van der Waals surface area contributed by atoms with Crippen LogP contribution >= 0.6 is 11.3 Å². The Bertz CT molecular complexity index is 1610. The van der Waals surface area contributed by atoms with Gasteiger partial charge in [0.05, 0.1) is 0 Å². The Kier molecular flexibility index (Phi) is 7.10. The fourth-order valence-corrected chi connectivity index (χ4v) is 5.89. The molecule has 2 N–H and O–H groups in total. The lowest BCUT2D eigenvalue weighted by atomic mass is 9.99. The Hall–Kier alpha value is -4.77. The smallest absolute Gasteiger partial charge is 0.407 e. The molecule has 0 spiro atoms. The van der Waals surface area contributed by atoms with Gasteiger partial charge in [0.1, 0.15) is 11.9 Å². The number of hydrogen-bond acceptors (Lipinski definition) is 6. The van der Waals surface area contributed by atoms with Crippen LogP contribution in [-0.2, 0) is 11.3 Å². The van der Waals surface area contributed by atoms with Crippen molar-refractivity contribution >= 4 is 40.1 Å². The number of benzene rings is 3. The number of thiazole rings is 1. The molecule has 0 bridgehead atoms. The van der Waals surface area contributed by atoms with Gasteiger partial charge in [-0.1, -0.05) is 42.5 Å². The van der Waals surface area contributed by atoms with Crippen LogP contribution in [0.15, 0.2) is 78.3 Å². The number of aromatic nitrogens is 1. The number of halogens is 1. The first kappa shape index (κ1) is 26.5. The van der Waals surface area contributed by atoms with Gasteiger partial charge >= 0.3 is 6.09 Å². The van der Waals surface area contributed by atoms with E-state index in [2.05, 4.69) is 10.3 Å². The summed E-state index contributed by atoms with van der Waals surface area (Å²) in [5.74, 6) is -1.10. The number of piperazine rings is 1. The van der Waals surface area contributed by atoms with Crippen LogP contribution in [0.1, 0.15) is 27.5 Å². The normalized spacial score (nSPS) is 15.5. The van der Waals surface area contributed by atoms with Crippen LogP contribution in [0.2, 0.25) is 0 Å². The van der Waals surface area contributed by atoms with Crippen molar-refractivity contribution < 1.29 is 23.9 Å². The summed E-state index contributed by atoms with van der Waals surface area (Å²) in [6, 6.07) is 18.5. The molecule has 6 rings (SSSR count). The van der Waals surface area contributed by atoms with E-state index in [0.29, 0.717) is 59.3 Å². The molecule has 0 saturated carbocycles. The topological polar surface area (TPSA) is 106 Å². The minimum atomic E-state index is -0.953. The molecule has 2 aliphatic heterocycles. The monoisotopic (exact) mass is 571 g/mol. The van der Waals surface area contributed by atoms with E-state index in [9.17, 15) is 14.4 Å². The van der Waals surface area contributed by atoms with Crippen molar-refractivity contribution in [1.82, 2.24) is 14.8 Å². The molecule has 1 atom stereocenters. The third kappa shape index (κ3) is 5.23. The van der Waals surface area contributed by atoms with Crippen LogP contribution in [0.5, 0.6) is 0 Å². The Morgan fingerprint density at radius 2 is 1.76 bits per heavy atom. The Balaban J connectivity index is 1.24. The molecule has 41 heavy (non-hydrogen) atoms. The number of fused-ring (bicyclic) bond motifs is 1. The highest BCUT2D eigenvalue weighted by Gasteiger charge is 2.38. The lowest BCUT2D eigenvalue weighted by Crippen LogP contribution is -2.48. The number of nitrogens with one attached hydrogen (secondary N) is 1. The third-order valence-electron chi connectivity index (χ3n) is 7.46. The second kappa shape index (κ2) is 11.0. The highest BCUT2D eigenvalue weighted by molar-refractivity contribution is 7.13. The quantitative estimate of drug-likeness (QED) is 0.334.